The minimum atomic E-state index is -0.542. The van der Waals surface area contributed by atoms with Crippen LogP contribution in [0.5, 0.6) is 0 Å². The fourth-order valence-electron chi connectivity index (χ4n) is 0.830. The van der Waals surface area contributed by atoms with Crippen LogP contribution in [0.3, 0.4) is 0 Å². The maximum atomic E-state index is 10.3. The lowest BCUT2D eigenvalue weighted by Gasteiger charge is -1.98. The molecule has 0 aromatic carbocycles. The number of aromatic nitrogens is 2. The summed E-state index contributed by atoms with van der Waals surface area (Å²) in [5.41, 5.74) is 0.786. The Labute approximate surface area is 79.8 Å². The van der Waals surface area contributed by atoms with E-state index in [1.807, 2.05) is 0 Å². The van der Waals surface area contributed by atoms with Crippen molar-refractivity contribution in [3.05, 3.63) is 34.8 Å². The van der Waals surface area contributed by atoms with Crippen LogP contribution in [0.2, 0.25) is 0 Å². The van der Waals surface area contributed by atoms with Gasteiger partial charge in [-0.1, -0.05) is 6.58 Å². The largest absolute Gasteiger partial charge is 0.381 e. The second-order valence-electron chi connectivity index (χ2n) is 2.54. The molecule has 0 unspecified atom stereocenters. The van der Waals surface area contributed by atoms with Crippen LogP contribution in [-0.2, 0) is 6.54 Å². The first-order valence-corrected chi connectivity index (χ1v) is 4.05. The van der Waals surface area contributed by atoms with E-state index in [-0.39, 0.29) is 5.82 Å². The number of hydrogen-bond acceptors (Lipinski definition) is 3. The third kappa shape index (κ3) is 2.55. The predicted molar refractivity (Wildman–Crippen MR) is 48.7 cm³/mol. The molecule has 6 heteroatoms. The lowest BCUT2D eigenvalue weighted by Crippen LogP contribution is -1.98. The van der Waals surface area contributed by atoms with Gasteiger partial charge in [0.15, 0.2) is 0 Å². The fraction of sp³-hybridized carbons (Fsp3) is 0.286. The Kier molecular flexibility index (Phi) is 3.02. The first kappa shape index (κ1) is 9.73. The molecule has 0 bridgehead atoms. The van der Waals surface area contributed by atoms with E-state index in [0.717, 1.165) is 5.57 Å². The number of alkyl halides is 1. The highest BCUT2D eigenvalue weighted by molar-refractivity contribution is 6.19. The maximum absolute atomic E-state index is 10.3. The lowest BCUT2D eigenvalue weighted by atomic mass is 10.3. The van der Waals surface area contributed by atoms with Crippen LogP contribution in [0.1, 0.15) is 0 Å². The Hall–Kier alpha value is -1.36. The van der Waals surface area contributed by atoms with Crippen molar-refractivity contribution in [2.24, 2.45) is 0 Å². The van der Waals surface area contributed by atoms with Gasteiger partial charge in [-0.05, 0) is 15.5 Å². The number of rotatable bonds is 4. The van der Waals surface area contributed by atoms with Gasteiger partial charge >= 0.3 is 5.82 Å². The molecule has 0 aliphatic carbocycles. The van der Waals surface area contributed by atoms with Gasteiger partial charge in [-0.2, -0.15) is 0 Å². The fourth-order valence-corrected chi connectivity index (χ4v) is 0.914. The van der Waals surface area contributed by atoms with E-state index in [0.29, 0.717) is 12.4 Å². The van der Waals surface area contributed by atoms with Gasteiger partial charge in [0.2, 0.25) is 6.33 Å². The summed E-state index contributed by atoms with van der Waals surface area (Å²) in [7, 11) is 0. The summed E-state index contributed by atoms with van der Waals surface area (Å²) in [6, 6.07) is 0. The zero-order chi connectivity index (χ0) is 9.84. The molecule has 13 heavy (non-hydrogen) atoms. The Morgan fingerprint density at radius 3 is 3.00 bits per heavy atom. The molecule has 1 rings (SSSR count). The van der Waals surface area contributed by atoms with Crippen LogP contribution in [0.25, 0.3) is 0 Å². The average molecular weight is 202 g/mol. The second-order valence-corrected chi connectivity index (χ2v) is 2.81. The minimum absolute atomic E-state index is 0.164. The van der Waals surface area contributed by atoms with Crippen molar-refractivity contribution in [2.45, 2.75) is 6.54 Å². The molecule has 1 heterocycles. The van der Waals surface area contributed by atoms with Crippen molar-refractivity contribution in [2.75, 3.05) is 5.88 Å². The monoisotopic (exact) mass is 201 g/mol. The summed E-state index contributed by atoms with van der Waals surface area (Å²) in [5, 5.41) is 10.3. The number of imidazole rings is 1. The first-order chi connectivity index (χ1) is 6.13. The Morgan fingerprint density at radius 2 is 2.54 bits per heavy atom. The number of halogens is 1. The van der Waals surface area contributed by atoms with Gasteiger partial charge in [0.05, 0.1) is 0 Å². The van der Waals surface area contributed by atoms with Gasteiger partial charge in [-0.3, -0.25) is 0 Å². The topological polar surface area (TPSA) is 61.0 Å². The molecule has 1 aromatic heterocycles. The normalized spacial score (nSPS) is 9.92. The molecular weight excluding hydrogens is 194 g/mol. The smallest absolute Gasteiger partial charge is 0.358 e. The van der Waals surface area contributed by atoms with Crippen LogP contribution in [0.15, 0.2) is 24.7 Å². The molecule has 0 saturated heterocycles. The highest BCUT2D eigenvalue weighted by Crippen LogP contribution is 2.07. The van der Waals surface area contributed by atoms with Gasteiger partial charge < -0.3 is 14.7 Å². The van der Waals surface area contributed by atoms with E-state index in [1.165, 1.54) is 12.5 Å². The summed E-state index contributed by atoms with van der Waals surface area (Å²) in [6.07, 6.45) is 2.73. The standard InChI is InChI=1S/C7H8ClN3O2/c1-6(2-8)3-10-4-7(9-5-10)11(12)13/h4-5H,1-3H2. The predicted octanol–water partition coefficient (Wildman–Crippen LogP) is 1.59. The number of allylic oxidation sites excluding steroid dienone is 1. The van der Waals surface area contributed by atoms with Crippen molar-refractivity contribution in [3.63, 3.8) is 0 Å². The summed E-state index contributed by atoms with van der Waals surface area (Å²) < 4.78 is 1.57. The van der Waals surface area contributed by atoms with E-state index in [9.17, 15) is 10.1 Å². The third-order valence-electron chi connectivity index (χ3n) is 1.40. The SMILES string of the molecule is C=C(CCl)Cn1cnc([N+](=O)[O-])c1. The zero-order valence-electron chi connectivity index (χ0n) is 6.81. The van der Waals surface area contributed by atoms with Crippen molar-refractivity contribution in [1.29, 1.82) is 0 Å². The highest BCUT2D eigenvalue weighted by atomic mass is 35.5. The molecule has 0 radical (unpaired) electrons. The van der Waals surface area contributed by atoms with E-state index < -0.39 is 4.92 Å². The minimum Gasteiger partial charge on any atom is -0.358 e. The van der Waals surface area contributed by atoms with Crippen LogP contribution >= 0.6 is 11.6 Å². The molecule has 0 saturated carbocycles. The Morgan fingerprint density at radius 1 is 1.85 bits per heavy atom. The van der Waals surface area contributed by atoms with Crippen molar-refractivity contribution >= 4 is 17.4 Å². The second kappa shape index (κ2) is 4.04. The zero-order valence-corrected chi connectivity index (χ0v) is 7.57. The number of hydrogen-bond donors (Lipinski definition) is 0. The molecule has 0 aliphatic heterocycles. The van der Waals surface area contributed by atoms with Crippen LogP contribution < -0.4 is 0 Å². The maximum Gasteiger partial charge on any atom is 0.381 e. The van der Waals surface area contributed by atoms with E-state index in [2.05, 4.69) is 11.6 Å². The molecule has 0 amide bonds. The van der Waals surface area contributed by atoms with Crippen molar-refractivity contribution < 1.29 is 4.92 Å². The third-order valence-corrected chi connectivity index (χ3v) is 1.78. The van der Waals surface area contributed by atoms with Gasteiger partial charge in [0.25, 0.3) is 0 Å². The molecule has 70 valence electrons. The molecular formula is C7H8ClN3O2. The summed E-state index contributed by atoms with van der Waals surface area (Å²) in [5.74, 6) is 0.175. The molecule has 1 aromatic rings. The van der Waals surface area contributed by atoms with E-state index in [1.54, 1.807) is 4.57 Å². The summed E-state index contributed by atoms with van der Waals surface area (Å²) >= 11 is 5.50. The van der Waals surface area contributed by atoms with Crippen molar-refractivity contribution in [1.82, 2.24) is 9.55 Å². The number of nitrogens with zero attached hydrogens (tertiary/aromatic N) is 3. The first-order valence-electron chi connectivity index (χ1n) is 3.52. The van der Waals surface area contributed by atoms with Gasteiger partial charge in [0.1, 0.15) is 6.20 Å². The van der Waals surface area contributed by atoms with Crippen LogP contribution in [0.4, 0.5) is 5.82 Å². The lowest BCUT2D eigenvalue weighted by molar-refractivity contribution is -0.389. The summed E-state index contributed by atoms with van der Waals surface area (Å²) in [6.45, 7) is 4.13. The highest BCUT2D eigenvalue weighted by Gasteiger charge is 2.09. The molecule has 0 atom stereocenters. The Balaban J connectivity index is 2.69. The van der Waals surface area contributed by atoms with Crippen LogP contribution in [0, 0.1) is 10.1 Å². The van der Waals surface area contributed by atoms with E-state index >= 15 is 0 Å². The molecule has 0 N–H and O–H groups in total. The summed E-state index contributed by atoms with van der Waals surface area (Å²) in [4.78, 5) is 13.3. The van der Waals surface area contributed by atoms with Crippen LogP contribution in [-0.4, -0.2) is 20.4 Å². The average Bonchev–Trinajstić information content (AvgIpc) is 2.52. The Bertz CT molecular complexity index is 334. The molecule has 0 aliphatic rings. The van der Waals surface area contributed by atoms with Crippen molar-refractivity contribution in [3.8, 4) is 0 Å². The van der Waals surface area contributed by atoms with Gasteiger partial charge in [-0.15, -0.1) is 11.6 Å². The van der Waals surface area contributed by atoms with E-state index in [4.69, 9.17) is 11.6 Å². The molecule has 0 spiro atoms. The van der Waals surface area contributed by atoms with Gasteiger partial charge in [-0.25, -0.2) is 0 Å². The van der Waals surface area contributed by atoms with Gasteiger partial charge in [0, 0.05) is 12.4 Å². The molecule has 0 fully saturated rings. The number of nitro groups is 1. The molecule has 5 nitrogen and oxygen atoms in total. The quantitative estimate of drug-likeness (QED) is 0.322.